The number of carbonyl (C=O) groups is 6. The third kappa shape index (κ3) is 14.8. The Labute approximate surface area is 384 Å². The molecule has 2 atom stereocenters. The molecule has 1 heterocycles. The summed E-state index contributed by atoms with van der Waals surface area (Å²) in [6, 6.07) is 14.9. The topological polar surface area (TPSA) is 170 Å². The molecular formula is C49H61F3N4O10. The molecule has 358 valence electrons. The van der Waals surface area contributed by atoms with Gasteiger partial charge in [0.2, 0.25) is 11.8 Å². The summed E-state index contributed by atoms with van der Waals surface area (Å²) < 4.78 is 61.1. The number of allylic oxidation sites excluding steroid dienone is 1. The molecule has 0 bridgehead atoms. The number of halogens is 3. The minimum Gasteiger partial charge on any atom is -0.481 e. The van der Waals surface area contributed by atoms with Crippen LogP contribution >= 0.6 is 0 Å². The van der Waals surface area contributed by atoms with E-state index in [-0.39, 0.29) is 60.2 Å². The summed E-state index contributed by atoms with van der Waals surface area (Å²) in [5.74, 6) is -2.90. The molecule has 2 unspecified atom stereocenters. The van der Waals surface area contributed by atoms with Crippen LogP contribution < -0.4 is 15.4 Å². The van der Waals surface area contributed by atoms with E-state index in [1.807, 2.05) is 13.0 Å². The van der Waals surface area contributed by atoms with Gasteiger partial charge in [-0.25, -0.2) is 19.2 Å². The van der Waals surface area contributed by atoms with Crippen LogP contribution in [0.3, 0.4) is 0 Å². The van der Waals surface area contributed by atoms with E-state index in [0.717, 1.165) is 43.4 Å². The van der Waals surface area contributed by atoms with Gasteiger partial charge in [0, 0.05) is 31.8 Å². The summed E-state index contributed by atoms with van der Waals surface area (Å²) in [5, 5.41) is 5.73. The smallest absolute Gasteiger partial charge is 0.416 e. The number of benzene rings is 3. The van der Waals surface area contributed by atoms with E-state index in [1.54, 1.807) is 37.3 Å². The number of hydrogen-bond acceptors (Lipinski definition) is 10. The zero-order chi connectivity index (χ0) is 48.2. The number of carbonyl (C=O) groups excluding carboxylic acids is 6. The van der Waals surface area contributed by atoms with Crippen LogP contribution in [-0.2, 0) is 46.2 Å². The second-order valence-electron chi connectivity index (χ2n) is 15.8. The van der Waals surface area contributed by atoms with Crippen molar-refractivity contribution in [2.24, 2.45) is 0 Å². The van der Waals surface area contributed by atoms with Crippen molar-refractivity contribution in [3.05, 3.63) is 112 Å². The normalized spacial score (nSPS) is 14.2. The lowest BCUT2D eigenvalue weighted by Gasteiger charge is -2.35. The molecule has 4 rings (SSSR count). The summed E-state index contributed by atoms with van der Waals surface area (Å²) in [7, 11) is 2.39. The van der Waals surface area contributed by atoms with Crippen LogP contribution in [0.15, 0.2) is 84.1 Å². The molecule has 0 saturated carbocycles. The Balaban J connectivity index is 1.56. The Morgan fingerprint density at radius 1 is 0.833 bits per heavy atom. The predicted molar refractivity (Wildman–Crippen MR) is 239 cm³/mol. The van der Waals surface area contributed by atoms with Crippen molar-refractivity contribution in [1.29, 1.82) is 0 Å². The van der Waals surface area contributed by atoms with E-state index in [2.05, 4.69) is 22.3 Å². The Morgan fingerprint density at radius 2 is 1.53 bits per heavy atom. The average molecular weight is 923 g/mol. The molecule has 3 aromatic rings. The van der Waals surface area contributed by atoms with Gasteiger partial charge in [0.1, 0.15) is 24.0 Å². The minimum atomic E-state index is -4.58. The molecule has 0 fully saturated rings. The Morgan fingerprint density at radius 3 is 2.18 bits per heavy atom. The number of hydrogen-bond donors (Lipinski definition) is 2. The van der Waals surface area contributed by atoms with Gasteiger partial charge in [-0.1, -0.05) is 94.5 Å². The Bertz CT molecular complexity index is 2150. The first-order valence-corrected chi connectivity index (χ1v) is 22.3. The highest BCUT2D eigenvalue weighted by Crippen LogP contribution is 2.35. The van der Waals surface area contributed by atoms with Crippen LogP contribution in [0.25, 0.3) is 0 Å². The number of urea groups is 1. The molecule has 1 aliphatic rings. The van der Waals surface area contributed by atoms with Gasteiger partial charge in [-0.05, 0) is 73.6 Å². The first kappa shape index (κ1) is 52.2. The van der Waals surface area contributed by atoms with Crippen molar-refractivity contribution in [3.8, 4) is 5.75 Å². The third-order valence-corrected chi connectivity index (χ3v) is 11.1. The molecule has 0 saturated heterocycles. The largest absolute Gasteiger partial charge is 0.481 e. The van der Waals surface area contributed by atoms with Gasteiger partial charge in [0.15, 0.2) is 6.61 Å². The lowest BCUT2D eigenvalue weighted by atomic mass is 9.94. The van der Waals surface area contributed by atoms with Crippen LogP contribution in [0.1, 0.15) is 130 Å². The first-order chi connectivity index (χ1) is 31.6. The molecule has 0 aliphatic carbocycles. The van der Waals surface area contributed by atoms with Crippen LogP contribution in [0.2, 0.25) is 0 Å². The lowest BCUT2D eigenvalue weighted by molar-refractivity contribution is -0.143. The second kappa shape index (κ2) is 25.9. The van der Waals surface area contributed by atoms with Crippen molar-refractivity contribution in [3.63, 3.8) is 0 Å². The fourth-order valence-corrected chi connectivity index (χ4v) is 7.47. The zero-order valence-corrected chi connectivity index (χ0v) is 38.3. The Kier molecular flexibility index (Phi) is 20.5. The zero-order valence-electron chi connectivity index (χ0n) is 38.3. The first-order valence-electron chi connectivity index (χ1n) is 22.3. The number of nitrogens with zero attached hydrogens (tertiary/aromatic N) is 2. The minimum absolute atomic E-state index is 0.0285. The van der Waals surface area contributed by atoms with E-state index in [4.69, 9.17) is 14.2 Å². The van der Waals surface area contributed by atoms with Gasteiger partial charge < -0.3 is 34.5 Å². The maximum absolute atomic E-state index is 14.3. The molecule has 66 heavy (non-hydrogen) atoms. The van der Waals surface area contributed by atoms with Crippen molar-refractivity contribution in [1.82, 2.24) is 20.4 Å². The van der Waals surface area contributed by atoms with Crippen molar-refractivity contribution in [2.75, 3.05) is 40.5 Å². The van der Waals surface area contributed by atoms with Crippen molar-refractivity contribution < 1.29 is 60.9 Å². The van der Waals surface area contributed by atoms with Crippen LogP contribution in [-0.4, -0.2) is 86.0 Å². The van der Waals surface area contributed by atoms with Gasteiger partial charge in [-0.2, -0.15) is 13.2 Å². The third-order valence-electron chi connectivity index (χ3n) is 11.1. The molecule has 17 heteroatoms. The number of rotatable bonds is 25. The molecule has 4 amide bonds. The fourth-order valence-electron chi connectivity index (χ4n) is 7.47. The van der Waals surface area contributed by atoms with E-state index < -0.39 is 60.3 Å². The van der Waals surface area contributed by atoms with Gasteiger partial charge in [0.05, 0.1) is 31.4 Å². The standard InChI is InChI=1S/C49H61F3N4O10/c1-6-8-10-16-29-56(44(45(59)53-27-9-7-2)36-23-26-39(65-32-41(58)63-4)38(30-36)46(60)64-5)40(57)20-15-12-17-28-55-33(3)42(47(61)66-31-34-18-13-11-14-19-34)43(54-48(55)62)35-21-24-37(25-22-35)49(50,51)52/h11,13-14,18-19,21-26,30,43-44H,6-10,12,15-17,20,27-29,31-32H2,1-5H3,(H,53,59)(H,54,62). The summed E-state index contributed by atoms with van der Waals surface area (Å²) in [5.41, 5.74) is 0.745. The molecule has 1 aliphatic heterocycles. The highest BCUT2D eigenvalue weighted by molar-refractivity contribution is 5.96. The summed E-state index contributed by atoms with van der Waals surface area (Å²) >= 11 is 0. The maximum atomic E-state index is 14.3. The summed E-state index contributed by atoms with van der Waals surface area (Å²) in [6.07, 6.45) is 1.52. The van der Waals surface area contributed by atoms with Crippen LogP contribution in [0, 0.1) is 0 Å². The van der Waals surface area contributed by atoms with E-state index in [9.17, 15) is 41.9 Å². The molecule has 0 radical (unpaired) electrons. The van der Waals surface area contributed by atoms with Gasteiger partial charge >= 0.3 is 30.1 Å². The number of ether oxygens (including phenoxy) is 4. The number of unbranched alkanes of at least 4 members (excludes halogenated alkanes) is 6. The molecular weight excluding hydrogens is 862 g/mol. The molecule has 2 N–H and O–H groups in total. The summed E-state index contributed by atoms with van der Waals surface area (Å²) in [4.78, 5) is 83.5. The number of nitrogens with one attached hydrogen (secondary N) is 2. The monoisotopic (exact) mass is 922 g/mol. The van der Waals surface area contributed by atoms with Gasteiger partial charge in [0.25, 0.3) is 0 Å². The van der Waals surface area contributed by atoms with Crippen LogP contribution in [0.5, 0.6) is 5.75 Å². The molecule has 14 nitrogen and oxygen atoms in total. The van der Waals surface area contributed by atoms with E-state index >= 15 is 0 Å². The SMILES string of the molecule is CCCCCCN(C(=O)CCCCCN1C(=O)NC(c2ccc(C(F)(F)F)cc2)C(C(=O)OCc2ccccc2)=C1C)C(C(=O)NCCCC)c1ccc(OCC(=O)OC)c(C(=O)OC)c1. The van der Waals surface area contributed by atoms with Crippen molar-refractivity contribution in [2.45, 2.75) is 110 Å². The number of alkyl halides is 3. The number of esters is 3. The number of methoxy groups -OCH3 is 2. The summed E-state index contributed by atoms with van der Waals surface area (Å²) in [6.45, 7) is 5.84. The van der Waals surface area contributed by atoms with E-state index in [1.165, 1.54) is 48.3 Å². The fraction of sp³-hybridized carbons (Fsp3) is 0.469. The van der Waals surface area contributed by atoms with Crippen LogP contribution in [0.4, 0.5) is 18.0 Å². The molecule has 0 aromatic heterocycles. The predicted octanol–water partition coefficient (Wildman–Crippen LogP) is 8.75. The maximum Gasteiger partial charge on any atom is 0.416 e. The van der Waals surface area contributed by atoms with Gasteiger partial charge in [-0.15, -0.1) is 0 Å². The Hall–Kier alpha value is -6.39. The highest BCUT2D eigenvalue weighted by atomic mass is 19.4. The van der Waals surface area contributed by atoms with Gasteiger partial charge in [-0.3, -0.25) is 14.5 Å². The quantitative estimate of drug-likeness (QED) is 0.0476. The van der Waals surface area contributed by atoms with E-state index in [0.29, 0.717) is 44.2 Å². The highest BCUT2D eigenvalue weighted by Gasteiger charge is 2.38. The average Bonchev–Trinajstić information content (AvgIpc) is 3.31. The lowest BCUT2D eigenvalue weighted by Crippen LogP contribution is -2.48. The molecule has 0 spiro atoms. The number of amides is 4. The molecule has 3 aromatic carbocycles. The van der Waals surface area contributed by atoms with Crippen molar-refractivity contribution >= 4 is 35.8 Å². The second-order valence-corrected chi connectivity index (χ2v) is 15.8.